The van der Waals surface area contributed by atoms with Crippen molar-refractivity contribution >= 4 is 5.97 Å². The molecule has 4 heteroatoms. The summed E-state index contributed by atoms with van der Waals surface area (Å²) in [4.78, 5) is 10.9. The van der Waals surface area contributed by atoms with Crippen molar-refractivity contribution in [1.82, 2.24) is 4.57 Å². The predicted octanol–water partition coefficient (Wildman–Crippen LogP) is 2.84. The van der Waals surface area contributed by atoms with Crippen molar-refractivity contribution in [1.29, 1.82) is 0 Å². The lowest BCUT2D eigenvalue weighted by Gasteiger charge is -2.06. The van der Waals surface area contributed by atoms with Crippen molar-refractivity contribution < 1.29 is 14.3 Å². The maximum absolute atomic E-state index is 13.3. The van der Waals surface area contributed by atoms with Crippen molar-refractivity contribution in [3.63, 3.8) is 0 Å². The fourth-order valence-electron chi connectivity index (χ4n) is 1.90. The molecule has 3 nitrogen and oxygen atoms in total. The van der Waals surface area contributed by atoms with Gasteiger partial charge >= 0.3 is 5.97 Å². The van der Waals surface area contributed by atoms with Crippen LogP contribution in [0, 0.1) is 12.7 Å². The molecule has 0 saturated heterocycles. The molecule has 1 aromatic carbocycles. The molecule has 0 aliphatic rings. The largest absolute Gasteiger partial charge is 0.477 e. The summed E-state index contributed by atoms with van der Waals surface area (Å²) in [6.07, 6.45) is 0. The third-order valence-electron chi connectivity index (χ3n) is 2.68. The Morgan fingerprint density at radius 1 is 1.29 bits per heavy atom. The van der Waals surface area contributed by atoms with Gasteiger partial charge in [0, 0.05) is 18.3 Å². The van der Waals surface area contributed by atoms with Crippen molar-refractivity contribution in [3.8, 4) is 11.3 Å². The number of hydrogen-bond acceptors (Lipinski definition) is 1. The minimum atomic E-state index is -0.994. The van der Waals surface area contributed by atoms with Crippen LogP contribution in [-0.4, -0.2) is 15.6 Å². The number of aromatic nitrogens is 1. The molecule has 0 unspecified atom stereocenters. The van der Waals surface area contributed by atoms with Crippen LogP contribution >= 0.6 is 0 Å². The first kappa shape index (κ1) is 11.4. The maximum atomic E-state index is 13.3. The number of carboxylic acids is 1. The quantitative estimate of drug-likeness (QED) is 0.866. The highest BCUT2D eigenvalue weighted by Crippen LogP contribution is 2.23. The first-order valence-electron chi connectivity index (χ1n) is 5.15. The van der Waals surface area contributed by atoms with E-state index in [0.717, 1.165) is 5.56 Å². The maximum Gasteiger partial charge on any atom is 0.352 e. The van der Waals surface area contributed by atoms with E-state index in [9.17, 15) is 9.18 Å². The van der Waals surface area contributed by atoms with Gasteiger partial charge in [-0.05, 0) is 42.8 Å². The number of halogens is 1. The highest BCUT2D eigenvalue weighted by Gasteiger charge is 2.12. The molecule has 2 rings (SSSR count). The van der Waals surface area contributed by atoms with E-state index in [1.165, 1.54) is 22.8 Å². The second kappa shape index (κ2) is 4.05. The monoisotopic (exact) mass is 233 g/mol. The van der Waals surface area contributed by atoms with E-state index < -0.39 is 5.97 Å². The topological polar surface area (TPSA) is 42.2 Å². The first-order chi connectivity index (χ1) is 7.99. The Kier molecular flexibility index (Phi) is 2.71. The van der Waals surface area contributed by atoms with Crippen LogP contribution in [0.5, 0.6) is 0 Å². The van der Waals surface area contributed by atoms with Crippen LogP contribution in [0.3, 0.4) is 0 Å². The van der Waals surface area contributed by atoms with Gasteiger partial charge in [-0.3, -0.25) is 0 Å². The fourth-order valence-corrected chi connectivity index (χ4v) is 1.90. The molecule has 0 amide bonds. The number of hydrogen-bond donors (Lipinski definition) is 1. The summed E-state index contributed by atoms with van der Waals surface area (Å²) >= 11 is 0. The number of carbonyl (C=O) groups is 1. The molecule has 88 valence electrons. The molecule has 17 heavy (non-hydrogen) atoms. The van der Waals surface area contributed by atoms with Gasteiger partial charge in [0.05, 0.1) is 0 Å². The van der Waals surface area contributed by atoms with E-state index in [1.807, 2.05) is 6.07 Å². The third kappa shape index (κ3) is 2.06. The van der Waals surface area contributed by atoms with Gasteiger partial charge in [0.2, 0.25) is 0 Å². The van der Waals surface area contributed by atoms with Crippen LogP contribution in [0.2, 0.25) is 0 Å². The zero-order valence-corrected chi connectivity index (χ0v) is 9.57. The van der Waals surface area contributed by atoms with Crippen molar-refractivity contribution in [2.75, 3.05) is 0 Å². The minimum Gasteiger partial charge on any atom is -0.477 e. The number of carboxylic acid groups (broad SMARTS) is 1. The Hall–Kier alpha value is -2.10. The summed E-state index contributed by atoms with van der Waals surface area (Å²) in [6.45, 7) is 1.80. The molecular weight excluding hydrogens is 221 g/mol. The highest BCUT2D eigenvalue weighted by atomic mass is 19.1. The molecule has 0 aliphatic carbocycles. The molecule has 0 saturated carbocycles. The molecule has 0 atom stereocenters. The van der Waals surface area contributed by atoms with Crippen molar-refractivity contribution in [2.45, 2.75) is 6.92 Å². The minimum absolute atomic E-state index is 0.182. The standard InChI is InChI=1S/C13H12FNO2/c1-8-5-9(7-10(14)6-8)11-3-4-12(13(16)17)15(11)2/h3-7H,1-2H3,(H,16,17). The number of aromatic carboxylic acids is 1. The van der Waals surface area contributed by atoms with E-state index in [-0.39, 0.29) is 11.5 Å². The van der Waals surface area contributed by atoms with Gasteiger partial charge < -0.3 is 9.67 Å². The van der Waals surface area contributed by atoms with Gasteiger partial charge in [0.15, 0.2) is 0 Å². The van der Waals surface area contributed by atoms with Gasteiger partial charge in [-0.15, -0.1) is 0 Å². The summed E-state index contributed by atoms with van der Waals surface area (Å²) in [5, 5.41) is 8.94. The second-order valence-corrected chi connectivity index (χ2v) is 3.99. The summed E-state index contributed by atoms with van der Waals surface area (Å²) in [5.41, 5.74) is 2.35. The van der Waals surface area contributed by atoms with Crippen LogP contribution in [0.1, 0.15) is 16.1 Å². The van der Waals surface area contributed by atoms with E-state index in [0.29, 0.717) is 11.3 Å². The number of benzene rings is 1. The fraction of sp³-hybridized carbons (Fsp3) is 0.154. The highest BCUT2D eigenvalue weighted by molar-refractivity contribution is 5.87. The zero-order chi connectivity index (χ0) is 12.6. The Labute approximate surface area is 98.1 Å². The smallest absolute Gasteiger partial charge is 0.352 e. The Balaban J connectivity index is 2.57. The van der Waals surface area contributed by atoms with Gasteiger partial charge in [-0.25, -0.2) is 9.18 Å². The van der Waals surface area contributed by atoms with E-state index in [2.05, 4.69) is 0 Å². The SMILES string of the molecule is Cc1cc(F)cc(-c2ccc(C(=O)O)n2C)c1. The number of nitrogens with zero attached hydrogens (tertiary/aromatic N) is 1. The third-order valence-corrected chi connectivity index (χ3v) is 2.68. The summed E-state index contributed by atoms with van der Waals surface area (Å²) in [6, 6.07) is 7.85. The average Bonchev–Trinajstić information content (AvgIpc) is 2.58. The first-order valence-corrected chi connectivity index (χ1v) is 5.15. The molecular formula is C13H12FNO2. The van der Waals surface area contributed by atoms with Gasteiger partial charge in [0.25, 0.3) is 0 Å². The molecule has 0 bridgehead atoms. The number of rotatable bonds is 2. The lowest BCUT2D eigenvalue weighted by Crippen LogP contribution is -2.05. The summed E-state index contributed by atoms with van der Waals surface area (Å²) in [7, 11) is 1.65. The molecule has 1 N–H and O–H groups in total. The Morgan fingerprint density at radius 3 is 2.53 bits per heavy atom. The van der Waals surface area contributed by atoms with Gasteiger partial charge in [-0.1, -0.05) is 0 Å². The Bertz CT molecular complexity index is 567. The van der Waals surface area contributed by atoms with E-state index in [4.69, 9.17) is 5.11 Å². The van der Waals surface area contributed by atoms with Crippen LogP contribution in [-0.2, 0) is 7.05 Å². The summed E-state index contributed by atoms with van der Waals surface area (Å²) < 4.78 is 14.8. The van der Waals surface area contributed by atoms with E-state index in [1.54, 1.807) is 20.0 Å². The van der Waals surface area contributed by atoms with E-state index >= 15 is 0 Å². The number of aryl methyl sites for hydroxylation is 1. The van der Waals surface area contributed by atoms with Gasteiger partial charge in [0.1, 0.15) is 11.5 Å². The van der Waals surface area contributed by atoms with Crippen LogP contribution in [0.4, 0.5) is 4.39 Å². The predicted molar refractivity (Wildman–Crippen MR) is 62.5 cm³/mol. The van der Waals surface area contributed by atoms with Crippen LogP contribution in [0.15, 0.2) is 30.3 Å². The normalized spacial score (nSPS) is 10.5. The van der Waals surface area contributed by atoms with Crippen molar-refractivity contribution in [3.05, 3.63) is 47.4 Å². The molecule has 0 aliphatic heterocycles. The lowest BCUT2D eigenvalue weighted by atomic mass is 10.1. The second-order valence-electron chi connectivity index (χ2n) is 3.99. The molecule has 0 radical (unpaired) electrons. The molecule has 0 spiro atoms. The van der Waals surface area contributed by atoms with Crippen molar-refractivity contribution in [2.24, 2.45) is 7.05 Å². The van der Waals surface area contributed by atoms with Crippen LogP contribution in [0.25, 0.3) is 11.3 Å². The Morgan fingerprint density at radius 2 is 2.00 bits per heavy atom. The molecule has 1 aromatic heterocycles. The average molecular weight is 233 g/mol. The molecule has 2 aromatic rings. The zero-order valence-electron chi connectivity index (χ0n) is 9.57. The van der Waals surface area contributed by atoms with Gasteiger partial charge in [-0.2, -0.15) is 0 Å². The molecule has 0 fully saturated rings. The molecule has 1 heterocycles. The lowest BCUT2D eigenvalue weighted by molar-refractivity contribution is 0.0687. The van der Waals surface area contributed by atoms with Crippen LogP contribution < -0.4 is 0 Å². The summed E-state index contributed by atoms with van der Waals surface area (Å²) in [5.74, 6) is -1.31.